The summed E-state index contributed by atoms with van der Waals surface area (Å²) < 4.78 is 0. The minimum atomic E-state index is 0.0366. The monoisotopic (exact) mass is 353 g/mol. The van der Waals surface area contributed by atoms with Crippen molar-refractivity contribution in [1.82, 2.24) is 9.80 Å². The quantitative estimate of drug-likeness (QED) is 0.794. The van der Waals surface area contributed by atoms with E-state index in [2.05, 4.69) is 5.32 Å². The standard InChI is InChI=1S/C21H27N3O2/c1-23(2)20(25)14-11-17-9-12-19(13-10-17)22-15-21(26)24(3)16-18-7-5-4-6-8-18/h4-10,12-13,22H,11,14-16H2,1-3H3. The second-order valence-corrected chi connectivity index (χ2v) is 6.57. The number of hydrogen-bond donors (Lipinski definition) is 1. The number of carbonyl (C=O) groups is 2. The molecule has 2 aromatic carbocycles. The molecule has 0 bridgehead atoms. The molecule has 0 aliphatic rings. The Morgan fingerprint density at radius 1 is 0.846 bits per heavy atom. The normalized spacial score (nSPS) is 10.3. The van der Waals surface area contributed by atoms with Gasteiger partial charge in [0.25, 0.3) is 0 Å². The molecular formula is C21H27N3O2. The van der Waals surface area contributed by atoms with E-state index in [0.29, 0.717) is 13.0 Å². The maximum atomic E-state index is 12.3. The van der Waals surface area contributed by atoms with E-state index in [1.165, 1.54) is 0 Å². The van der Waals surface area contributed by atoms with E-state index >= 15 is 0 Å². The van der Waals surface area contributed by atoms with Crippen LogP contribution in [0.3, 0.4) is 0 Å². The van der Waals surface area contributed by atoms with E-state index in [0.717, 1.165) is 23.2 Å². The lowest BCUT2D eigenvalue weighted by Gasteiger charge is -2.18. The maximum Gasteiger partial charge on any atom is 0.241 e. The van der Waals surface area contributed by atoms with E-state index in [4.69, 9.17) is 0 Å². The van der Waals surface area contributed by atoms with Crippen LogP contribution in [0.1, 0.15) is 17.5 Å². The molecule has 0 atom stereocenters. The van der Waals surface area contributed by atoms with Crippen LogP contribution in [0.15, 0.2) is 54.6 Å². The third kappa shape index (κ3) is 6.24. The topological polar surface area (TPSA) is 52.7 Å². The van der Waals surface area contributed by atoms with Gasteiger partial charge in [-0.25, -0.2) is 0 Å². The second kappa shape index (κ2) is 9.61. The molecule has 2 aromatic rings. The Morgan fingerprint density at radius 2 is 1.50 bits per heavy atom. The molecule has 138 valence electrons. The Balaban J connectivity index is 1.78. The van der Waals surface area contributed by atoms with Crippen LogP contribution in [0.5, 0.6) is 0 Å². The van der Waals surface area contributed by atoms with Crippen molar-refractivity contribution in [2.45, 2.75) is 19.4 Å². The van der Waals surface area contributed by atoms with E-state index in [-0.39, 0.29) is 18.4 Å². The van der Waals surface area contributed by atoms with Gasteiger partial charge in [0.05, 0.1) is 6.54 Å². The molecule has 5 nitrogen and oxygen atoms in total. The fraction of sp³-hybridized carbons (Fsp3) is 0.333. The van der Waals surface area contributed by atoms with Crippen molar-refractivity contribution in [2.24, 2.45) is 0 Å². The van der Waals surface area contributed by atoms with Gasteiger partial charge >= 0.3 is 0 Å². The number of nitrogens with one attached hydrogen (secondary N) is 1. The lowest BCUT2D eigenvalue weighted by molar-refractivity contribution is -0.129. The van der Waals surface area contributed by atoms with Crippen LogP contribution in [0.4, 0.5) is 5.69 Å². The highest BCUT2D eigenvalue weighted by molar-refractivity contribution is 5.80. The van der Waals surface area contributed by atoms with Gasteiger partial charge in [-0.1, -0.05) is 42.5 Å². The molecule has 0 aromatic heterocycles. The fourth-order valence-electron chi connectivity index (χ4n) is 2.52. The largest absolute Gasteiger partial charge is 0.376 e. The highest BCUT2D eigenvalue weighted by atomic mass is 16.2. The fourth-order valence-corrected chi connectivity index (χ4v) is 2.52. The lowest BCUT2D eigenvalue weighted by Crippen LogP contribution is -2.31. The number of carbonyl (C=O) groups excluding carboxylic acids is 2. The Labute approximate surface area is 155 Å². The molecule has 0 radical (unpaired) electrons. The van der Waals surface area contributed by atoms with Crippen molar-refractivity contribution in [3.05, 3.63) is 65.7 Å². The molecule has 0 aliphatic heterocycles. The van der Waals surface area contributed by atoms with Crippen LogP contribution in [0.2, 0.25) is 0 Å². The summed E-state index contributed by atoms with van der Waals surface area (Å²) in [7, 11) is 5.34. The first-order chi connectivity index (χ1) is 12.5. The Hall–Kier alpha value is -2.82. The number of amides is 2. The first kappa shape index (κ1) is 19.5. The molecule has 2 rings (SSSR count). The molecule has 26 heavy (non-hydrogen) atoms. The molecule has 0 saturated heterocycles. The maximum absolute atomic E-state index is 12.3. The van der Waals surface area contributed by atoms with Crippen molar-refractivity contribution in [3.63, 3.8) is 0 Å². The molecule has 0 fully saturated rings. The number of rotatable bonds is 8. The summed E-state index contributed by atoms with van der Waals surface area (Å²) in [6.07, 6.45) is 1.22. The van der Waals surface area contributed by atoms with Crippen molar-refractivity contribution in [2.75, 3.05) is 33.0 Å². The number of benzene rings is 2. The van der Waals surface area contributed by atoms with Crippen molar-refractivity contribution in [3.8, 4) is 0 Å². The molecule has 0 aliphatic carbocycles. The van der Waals surface area contributed by atoms with Gasteiger partial charge in [0.15, 0.2) is 0 Å². The average molecular weight is 353 g/mol. The lowest BCUT2D eigenvalue weighted by atomic mass is 10.1. The van der Waals surface area contributed by atoms with Crippen molar-refractivity contribution < 1.29 is 9.59 Å². The molecule has 5 heteroatoms. The van der Waals surface area contributed by atoms with Crippen molar-refractivity contribution >= 4 is 17.5 Å². The molecule has 0 spiro atoms. The van der Waals surface area contributed by atoms with E-state index in [9.17, 15) is 9.59 Å². The Morgan fingerprint density at radius 3 is 2.12 bits per heavy atom. The van der Waals surface area contributed by atoms with Crippen molar-refractivity contribution in [1.29, 1.82) is 0 Å². The van der Waals surface area contributed by atoms with Gasteiger partial charge in [-0.05, 0) is 29.7 Å². The van der Waals surface area contributed by atoms with Crippen LogP contribution in [-0.2, 0) is 22.6 Å². The minimum absolute atomic E-state index is 0.0366. The van der Waals surface area contributed by atoms with Crippen LogP contribution in [0, 0.1) is 0 Å². The van der Waals surface area contributed by atoms with Crippen LogP contribution in [0.25, 0.3) is 0 Å². The molecule has 0 saturated carbocycles. The summed E-state index contributed by atoms with van der Waals surface area (Å²) in [6, 6.07) is 17.8. The number of aryl methyl sites for hydroxylation is 1. The highest BCUT2D eigenvalue weighted by Crippen LogP contribution is 2.12. The third-order valence-corrected chi connectivity index (χ3v) is 4.21. The summed E-state index contributed by atoms with van der Waals surface area (Å²) in [5, 5.41) is 3.16. The van der Waals surface area contributed by atoms with Crippen LogP contribution >= 0.6 is 0 Å². The minimum Gasteiger partial charge on any atom is -0.376 e. The Bertz CT molecular complexity index is 712. The van der Waals surface area contributed by atoms with Gasteiger partial charge in [0.1, 0.15) is 0 Å². The van der Waals surface area contributed by atoms with E-state index in [1.807, 2.05) is 61.6 Å². The molecule has 0 unspecified atom stereocenters. The van der Waals surface area contributed by atoms with Gasteiger partial charge < -0.3 is 15.1 Å². The SMILES string of the molecule is CN(C)C(=O)CCc1ccc(NCC(=O)N(C)Cc2ccccc2)cc1. The van der Waals surface area contributed by atoms with Gasteiger partial charge in [0, 0.05) is 39.8 Å². The number of likely N-dealkylation sites (N-methyl/N-ethyl adjacent to an activating group) is 1. The third-order valence-electron chi connectivity index (χ3n) is 4.21. The zero-order chi connectivity index (χ0) is 18.9. The highest BCUT2D eigenvalue weighted by Gasteiger charge is 2.09. The van der Waals surface area contributed by atoms with Gasteiger partial charge in [-0.2, -0.15) is 0 Å². The smallest absolute Gasteiger partial charge is 0.241 e. The molecule has 2 amide bonds. The summed E-state index contributed by atoms with van der Waals surface area (Å²) in [5.41, 5.74) is 3.12. The predicted molar refractivity (Wildman–Crippen MR) is 105 cm³/mol. The zero-order valence-corrected chi connectivity index (χ0v) is 15.7. The summed E-state index contributed by atoms with van der Waals surface area (Å²) in [5.74, 6) is 0.161. The summed E-state index contributed by atoms with van der Waals surface area (Å²) >= 11 is 0. The van der Waals surface area contributed by atoms with Gasteiger partial charge in [0.2, 0.25) is 11.8 Å². The zero-order valence-electron chi connectivity index (χ0n) is 15.7. The predicted octanol–water partition coefficient (Wildman–Crippen LogP) is 2.78. The number of anilines is 1. The summed E-state index contributed by atoms with van der Waals surface area (Å²) in [6.45, 7) is 0.849. The van der Waals surface area contributed by atoms with E-state index in [1.54, 1.807) is 23.9 Å². The average Bonchev–Trinajstić information content (AvgIpc) is 2.65. The summed E-state index contributed by atoms with van der Waals surface area (Å²) in [4.78, 5) is 27.2. The first-order valence-electron chi connectivity index (χ1n) is 8.76. The molecular weight excluding hydrogens is 326 g/mol. The van der Waals surface area contributed by atoms with Gasteiger partial charge in [-0.15, -0.1) is 0 Å². The van der Waals surface area contributed by atoms with Crippen LogP contribution in [-0.4, -0.2) is 49.3 Å². The molecule has 1 N–H and O–H groups in total. The first-order valence-corrected chi connectivity index (χ1v) is 8.76. The van der Waals surface area contributed by atoms with Gasteiger partial charge in [-0.3, -0.25) is 9.59 Å². The molecule has 0 heterocycles. The van der Waals surface area contributed by atoms with Crippen LogP contribution < -0.4 is 5.32 Å². The number of hydrogen-bond acceptors (Lipinski definition) is 3. The van der Waals surface area contributed by atoms with E-state index < -0.39 is 0 Å². The second-order valence-electron chi connectivity index (χ2n) is 6.57. The number of nitrogens with zero attached hydrogens (tertiary/aromatic N) is 2. The Kier molecular flexibility index (Phi) is 7.21.